The van der Waals surface area contributed by atoms with E-state index in [2.05, 4.69) is 11.9 Å². The number of carbonyl (C=O) groups is 2. The number of rotatable bonds is 4. The average molecular weight is 367 g/mol. The third-order valence-electron chi connectivity index (χ3n) is 6.28. The van der Waals surface area contributed by atoms with Crippen molar-refractivity contribution in [2.45, 2.75) is 45.4 Å². The van der Waals surface area contributed by atoms with Gasteiger partial charge in [0.2, 0.25) is 5.91 Å². The molecule has 0 saturated carbocycles. The van der Waals surface area contributed by atoms with Gasteiger partial charge in [0.15, 0.2) is 0 Å². The van der Waals surface area contributed by atoms with Crippen LogP contribution in [0.2, 0.25) is 0 Å². The summed E-state index contributed by atoms with van der Waals surface area (Å²) < 4.78 is 0. The van der Waals surface area contributed by atoms with Crippen LogP contribution in [0.3, 0.4) is 0 Å². The molecule has 2 aliphatic heterocycles. The van der Waals surface area contributed by atoms with E-state index in [9.17, 15) is 9.59 Å². The molecular formula is C22H29N3O2. The molecule has 2 fully saturated rings. The third-order valence-corrected chi connectivity index (χ3v) is 6.28. The zero-order valence-electron chi connectivity index (χ0n) is 16.2. The Morgan fingerprint density at radius 3 is 2.96 bits per heavy atom. The molecule has 1 aromatic heterocycles. The molecule has 0 aliphatic carbocycles. The van der Waals surface area contributed by atoms with Gasteiger partial charge in [0.1, 0.15) is 0 Å². The molecule has 3 heterocycles. The molecule has 0 bridgehead atoms. The Kier molecular flexibility index (Phi) is 4.94. The van der Waals surface area contributed by atoms with Gasteiger partial charge in [-0.3, -0.25) is 9.59 Å². The van der Waals surface area contributed by atoms with Crippen molar-refractivity contribution in [3.8, 4) is 0 Å². The molecule has 2 aromatic rings. The van der Waals surface area contributed by atoms with E-state index in [1.807, 2.05) is 40.3 Å². The Balaban J connectivity index is 1.49. The first-order valence-corrected chi connectivity index (χ1v) is 10.2. The number of fused-ring (bicyclic) bond motifs is 1. The van der Waals surface area contributed by atoms with E-state index in [-0.39, 0.29) is 17.2 Å². The number of carbonyl (C=O) groups excluding carboxylic acids is 2. The van der Waals surface area contributed by atoms with Crippen LogP contribution >= 0.6 is 0 Å². The van der Waals surface area contributed by atoms with Gasteiger partial charge in [-0.15, -0.1) is 0 Å². The zero-order chi connectivity index (χ0) is 18.9. The Labute approximate surface area is 160 Å². The van der Waals surface area contributed by atoms with Gasteiger partial charge in [0.25, 0.3) is 5.91 Å². The largest absolute Gasteiger partial charge is 0.361 e. The summed E-state index contributed by atoms with van der Waals surface area (Å²) in [4.78, 5) is 32.7. The van der Waals surface area contributed by atoms with Crippen LogP contribution < -0.4 is 0 Å². The highest BCUT2D eigenvalue weighted by atomic mass is 16.2. The molecular weight excluding hydrogens is 338 g/mol. The Morgan fingerprint density at radius 1 is 1.22 bits per heavy atom. The minimum atomic E-state index is 0.0771. The SMILES string of the molecule is CCCCN1C[C@]2(CCCN(C(=O)c3ccc4[nH]ccc4c3)C2)CCC1=O. The van der Waals surface area contributed by atoms with Crippen molar-refractivity contribution in [3.05, 3.63) is 36.0 Å². The van der Waals surface area contributed by atoms with Crippen molar-refractivity contribution in [1.29, 1.82) is 0 Å². The molecule has 2 aliphatic rings. The fourth-order valence-corrected chi connectivity index (χ4v) is 4.74. The zero-order valence-corrected chi connectivity index (χ0v) is 16.2. The lowest BCUT2D eigenvalue weighted by molar-refractivity contribution is -0.139. The van der Waals surface area contributed by atoms with E-state index in [1.165, 1.54) is 0 Å². The minimum absolute atomic E-state index is 0.0771. The first-order valence-electron chi connectivity index (χ1n) is 10.2. The number of likely N-dealkylation sites (tertiary alicyclic amines) is 2. The summed E-state index contributed by atoms with van der Waals surface area (Å²) in [5.41, 5.74) is 1.89. The number of hydrogen-bond donors (Lipinski definition) is 1. The summed E-state index contributed by atoms with van der Waals surface area (Å²) in [5.74, 6) is 0.407. The monoisotopic (exact) mass is 367 g/mol. The molecule has 0 radical (unpaired) electrons. The average Bonchev–Trinajstić information content (AvgIpc) is 3.16. The lowest BCUT2D eigenvalue weighted by atomic mass is 9.73. The predicted molar refractivity (Wildman–Crippen MR) is 107 cm³/mol. The molecule has 2 amide bonds. The second-order valence-electron chi connectivity index (χ2n) is 8.28. The maximum Gasteiger partial charge on any atom is 0.253 e. The number of aromatic amines is 1. The molecule has 27 heavy (non-hydrogen) atoms. The van der Waals surface area contributed by atoms with Gasteiger partial charge in [-0.1, -0.05) is 13.3 Å². The maximum atomic E-state index is 13.1. The number of benzene rings is 1. The number of amides is 2. The Bertz CT molecular complexity index is 843. The van der Waals surface area contributed by atoms with Gasteiger partial charge in [0, 0.05) is 60.7 Å². The van der Waals surface area contributed by atoms with Gasteiger partial charge in [-0.25, -0.2) is 0 Å². The smallest absolute Gasteiger partial charge is 0.253 e. The Morgan fingerprint density at radius 2 is 2.11 bits per heavy atom. The van der Waals surface area contributed by atoms with Crippen LogP contribution in [-0.2, 0) is 4.79 Å². The fraction of sp³-hybridized carbons (Fsp3) is 0.545. The standard InChI is InChI=1S/C22H29N3O2/c1-2-3-12-24-15-22(10-7-20(24)26)9-4-13-25(16-22)21(27)18-5-6-19-17(14-18)8-11-23-19/h5-6,8,11,14,23H,2-4,7,9-10,12-13,15-16H2,1H3/t22-/m0/s1. The van der Waals surface area contributed by atoms with E-state index in [0.29, 0.717) is 6.42 Å². The highest BCUT2D eigenvalue weighted by Gasteiger charge is 2.42. The number of piperidine rings is 2. The van der Waals surface area contributed by atoms with Crippen molar-refractivity contribution < 1.29 is 9.59 Å². The van der Waals surface area contributed by atoms with Crippen molar-refractivity contribution in [2.75, 3.05) is 26.2 Å². The number of nitrogens with zero attached hydrogens (tertiary/aromatic N) is 2. The van der Waals surface area contributed by atoms with E-state index < -0.39 is 0 Å². The first kappa shape index (κ1) is 18.1. The molecule has 0 unspecified atom stereocenters. The van der Waals surface area contributed by atoms with Crippen LogP contribution in [0.1, 0.15) is 55.8 Å². The highest BCUT2D eigenvalue weighted by Crippen LogP contribution is 2.39. The van der Waals surface area contributed by atoms with Crippen LogP contribution in [0.25, 0.3) is 10.9 Å². The Hall–Kier alpha value is -2.30. The summed E-state index contributed by atoms with van der Waals surface area (Å²) in [5, 5.41) is 1.07. The number of aromatic nitrogens is 1. The fourth-order valence-electron chi connectivity index (χ4n) is 4.74. The van der Waals surface area contributed by atoms with Gasteiger partial charge >= 0.3 is 0 Å². The van der Waals surface area contributed by atoms with E-state index in [0.717, 1.165) is 74.7 Å². The van der Waals surface area contributed by atoms with Crippen LogP contribution in [0.4, 0.5) is 0 Å². The second-order valence-corrected chi connectivity index (χ2v) is 8.28. The molecule has 1 spiro atoms. The quantitative estimate of drug-likeness (QED) is 0.893. The van der Waals surface area contributed by atoms with Crippen molar-refractivity contribution in [1.82, 2.24) is 14.8 Å². The van der Waals surface area contributed by atoms with Crippen LogP contribution in [-0.4, -0.2) is 52.8 Å². The molecule has 4 rings (SSSR count). The van der Waals surface area contributed by atoms with Gasteiger partial charge in [-0.2, -0.15) is 0 Å². The lowest BCUT2D eigenvalue weighted by Gasteiger charge is -2.48. The van der Waals surface area contributed by atoms with Crippen LogP contribution in [0, 0.1) is 5.41 Å². The van der Waals surface area contributed by atoms with Gasteiger partial charge in [-0.05, 0) is 49.9 Å². The number of H-pyrrole nitrogens is 1. The molecule has 1 N–H and O–H groups in total. The lowest BCUT2D eigenvalue weighted by Crippen LogP contribution is -2.55. The third kappa shape index (κ3) is 3.60. The van der Waals surface area contributed by atoms with Crippen LogP contribution in [0.15, 0.2) is 30.5 Å². The molecule has 5 nitrogen and oxygen atoms in total. The molecule has 144 valence electrons. The number of hydrogen-bond acceptors (Lipinski definition) is 2. The van der Waals surface area contributed by atoms with Gasteiger partial charge < -0.3 is 14.8 Å². The molecule has 5 heteroatoms. The summed E-state index contributed by atoms with van der Waals surface area (Å²) in [6.45, 7) is 5.41. The topological polar surface area (TPSA) is 56.4 Å². The second kappa shape index (κ2) is 7.37. The summed E-state index contributed by atoms with van der Waals surface area (Å²) in [7, 11) is 0. The van der Waals surface area contributed by atoms with E-state index in [1.54, 1.807) is 0 Å². The molecule has 1 aromatic carbocycles. The molecule has 2 saturated heterocycles. The van der Waals surface area contributed by atoms with Gasteiger partial charge in [0.05, 0.1) is 0 Å². The summed E-state index contributed by atoms with van der Waals surface area (Å²) in [6.07, 6.45) is 7.73. The number of unbranched alkanes of at least 4 members (excludes halogenated alkanes) is 1. The minimum Gasteiger partial charge on any atom is -0.361 e. The van der Waals surface area contributed by atoms with E-state index in [4.69, 9.17) is 0 Å². The van der Waals surface area contributed by atoms with Crippen molar-refractivity contribution in [2.24, 2.45) is 5.41 Å². The first-order chi connectivity index (χ1) is 13.1. The van der Waals surface area contributed by atoms with Crippen molar-refractivity contribution in [3.63, 3.8) is 0 Å². The summed E-state index contributed by atoms with van der Waals surface area (Å²) >= 11 is 0. The van der Waals surface area contributed by atoms with Crippen molar-refractivity contribution >= 4 is 22.7 Å². The highest BCUT2D eigenvalue weighted by molar-refractivity contribution is 5.98. The van der Waals surface area contributed by atoms with Crippen LogP contribution in [0.5, 0.6) is 0 Å². The molecule has 1 atom stereocenters. The van der Waals surface area contributed by atoms with E-state index >= 15 is 0 Å². The number of nitrogens with one attached hydrogen (secondary N) is 1. The predicted octanol–water partition coefficient (Wildman–Crippen LogP) is 3.81. The summed E-state index contributed by atoms with van der Waals surface area (Å²) in [6, 6.07) is 7.88. The maximum absolute atomic E-state index is 13.1. The normalized spacial score (nSPS) is 23.4.